The van der Waals surface area contributed by atoms with Gasteiger partial charge in [0.15, 0.2) is 0 Å². The number of nitrogens with zero attached hydrogens (tertiary/aromatic N) is 4. The zero-order valence-corrected chi connectivity index (χ0v) is 10.5. The largest absolute Gasteiger partial charge is 0.282 e. The van der Waals surface area contributed by atoms with E-state index in [1.807, 2.05) is 12.1 Å². The number of H-pyrrole nitrogens is 2. The summed E-state index contributed by atoms with van der Waals surface area (Å²) in [6.45, 7) is 0. The minimum atomic E-state index is -0.209. The summed E-state index contributed by atoms with van der Waals surface area (Å²) in [6, 6.07) is 6.68. The van der Waals surface area contributed by atoms with Crippen LogP contribution in [0, 0.1) is 5.82 Å². The van der Waals surface area contributed by atoms with Crippen LogP contribution in [0.15, 0.2) is 24.3 Å². The Morgan fingerprint density at radius 3 is 2.70 bits per heavy atom. The van der Waals surface area contributed by atoms with Gasteiger partial charge >= 0.3 is 0 Å². The average Bonchev–Trinajstić information content (AvgIpc) is 3.15. The lowest BCUT2D eigenvalue weighted by molar-refractivity contribution is 0.624. The zero-order chi connectivity index (χ0) is 13.5. The Morgan fingerprint density at radius 1 is 1.10 bits per heavy atom. The Labute approximate surface area is 113 Å². The maximum atomic E-state index is 13.0. The predicted octanol–water partition coefficient (Wildman–Crippen LogP) is 1.61. The second kappa shape index (κ2) is 4.22. The smallest absolute Gasteiger partial charge is 0.225 e. The van der Waals surface area contributed by atoms with Gasteiger partial charge in [-0.3, -0.25) is 5.10 Å². The molecule has 0 bridgehead atoms. The zero-order valence-electron chi connectivity index (χ0n) is 10.5. The van der Waals surface area contributed by atoms with Gasteiger partial charge in [0, 0.05) is 11.3 Å². The molecule has 0 amide bonds. The van der Waals surface area contributed by atoms with Crippen LogP contribution in [-0.4, -0.2) is 30.8 Å². The van der Waals surface area contributed by atoms with Crippen LogP contribution >= 0.6 is 0 Å². The Hall–Kier alpha value is -2.57. The third-order valence-electron chi connectivity index (χ3n) is 3.75. The summed E-state index contributed by atoms with van der Waals surface area (Å²) in [7, 11) is 0. The topological polar surface area (TPSA) is 83.1 Å². The van der Waals surface area contributed by atoms with Crippen LogP contribution in [0.2, 0.25) is 0 Å². The Bertz CT molecular complexity index is 731. The van der Waals surface area contributed by atoms with Crippen molar-refractivity contribution in [2.24, 2.45) is 0 Å². The third-order valence-corrected chi connectivity index (χ3v) is 3.75. The van der Waals surface area contributed by atoms with Crippen LogP contribution in [0.4, 0.5) is 4.39 Å². The molecule has 0 spiro atoms. The number of tetrazole rings is 1. The van der Waals surface area contributed by atoms with E-state index < -0.39 is 0 Å². The summed E-state index contributed by atoms with van der Waals surface area (Å²) in [5.74, 6) is 0.632. The Morgan fingerprint density at radius 2 is 1.95 bits per heavy atom. The standard InChI is InChI=1S/C13H11FN6/c14-9-3-1-7(2-4-9)8-5-10-11(6-8)15-16-12(10)13-17-19-20-18-13/h1-4,8H,5-6H2,(H,15,16)(H,17,18,19,20). The van der Waals surface area contributed by atoms with Crippen LogP contribution in [0.1, 0.15) is 22.7 Å². The molecule has 7 heteroatoms. The molecule has 20 heavy (non-hydrogen) atoms. The highest BCUT2D eigenvalue weighted by Gasteiger charge is 2.29. The second-order valence-corrected chi connectivity index (χ2v) is 4.92. The highest BCUT2D eigenvalue weighted by molar-refractivity contribution is 5.57. The second-order valence-electron chi connectivity index (χ2n) is 4.92. The highest BCUT2D eigenvalue weighted by Crippen LogP contribution is 2.36. The normalized spacial score (nSPS) is 17.4. The molecule has 1 unspecified atom stereocenters. The van der Waals surface area contributed by atoms with E-state index in [0.29, 0.717) is 11.7 Å². The number of hydrogen-bond acceptors (Lipinski definition) is 4. The molecule has 0 radical (unpaired) electrons. The molecule has 0 fully saturated rings. The number of fused-ring (bicyclic) bond motifs is 1. The summed E-state index contributed by atoms with van der Waals surface area (Å²) in [5.41, 5.74) is 4.10. The fourth-order valence-electron chi connectivity index (χ4n) is 2.77. The van der Waals surface area contributed by atoms with Gasteiger partial charge in [-0.2, -0.15) is 10.3 Å². The molecule has 2 aromatic heterocycles. The summed E-state index contributed by atoms with van der Waals surface area (Å²) < 4.78 is 13.0. The first-order chi connectivity index (χ1) is 9.81. The number of benzene rings is 1. The van der Waals surface area contributed by atoms with E-state index in [2.05, 4.69) is 30.8 Å². The highest BCUT2D eigenvalue weighted by atomic mass is 19.1. The summed E-state index contributed by atoms with van der Waals surface area (Å²) in [4.78, 5) is 0. The first-order valence-electron chi connectivity index (χ1n) is 6.36. The van der Waals surface area contributed by atoms with Crippen molar-refractivity contribution in [1.29, 1.82) is 0 Å². The van der Waals surface area contributed by atoms with Gasteiger partial charge in [-0.15, -0.1) is 10.2 Å². The molecule has 100 valence electrons. The maximum absolute atomic E-state index is 13.0. The Balaban J connectivity index is 1.66. The molecule has 3 aromatic rings. The van der Waals surface area contributed by atoms with Crippen molar-refractivity contribution in [1.82, 2.24) is 30.8 Å². The number of aromatic amines is 2. The average molecular weight is 270 g/mol. The van der Waals surface area contributed by atoms with E-state index in [0.717, 1.165) is 35.4 Å². The molecule has 0 aliphatic heterocycles. The van der Waals surface area contributed by atoms with Crippen molar-refractivity contribution < 1.29 is 4.39 Å². The number of halogens is 1. The summed E-state index contributed by atoms with van der Waals surface area (Å²) in [6.07, 6.45) is 1.72. The lowest BCUT2D eigenvalue weighted by Crippen LogP contribution is -2.00. The molecule has 2 N–H and O–H groups in total. The molecule has 0 saturated heterocycles. The monoisotopic (exact) mass is 270 g/mol. The van der Waals surface area contributed by atoms with E-state index in [1.54, 1.807) is 0 Å². The quantitative estimate of drug-likeness (QED) is 0.741. The molecule has 0 saturated carbocycles. The minimum absolute atomic E-state index is 0.209. The third kappa shape index (κ3) is 1.70. The SMILES string of the molecule is Fc1ccc(C2Cc3[nH]nc(-c4nn[nH]n4)c3C2)cc1. The number of rotatable bonds is 2. The maximum Gasteiger partial charge on any atom is 0.225 e. The van der Waals surface area contributed by atoms with Crippen molar-refractivity contribution in [3.8, 4) is 11.5 Å². The van der Waals surface area contributed by atoms with E-state index in [4.69, 9.17) is 0 Å². The van der Waals surface area contributed by atoms with Crippen molar-refractivity contribution in [3.05, 3.63) is 46.9 Å². The number of nitrogens with one attached hydrogen (secondary N) is 2. The molecule has 1 aromatic carbocycles. The van der Waals surface area contributed by atoms with Crippen molar-refractivity contribution >= 4 is 0 Å². The Kier molecular flexibility index (Phi) is 2.38. The molecule has 6 nitrogen and oxygen atoms in total. The molecule has 1 atom stereocenters. The van der Waals surface area contributed by atoms with Gasteiger partial charge in [-0.25, -0.2) is 4.39 Å². The molecular formula is C13H11FN6. The van der Waals surface area contributed by atoms with Gasteiger partial charge in [0.05, 0.1) is 0 Å². The van der Waals surface area contributed by atoms with Crippen LogP contribution in [0.3, 0.4) is 0 Å². The van der Waals surface area contributed by atoms with Crippen LogP contribution in [0.5, 0.6) is 0 Å². The lowest BCUT2D eigenvalue weighted by Gasteiger charge is -2.09. The van der Waals surface area contributed by atoms with Gasteiger partial charge in [0.25, 0.3) is 0 Å². The van der Waals surface area contributed by atoms with Crippen LogP contribution in [0.25, 0.3) is 11.5 Å². The van der Waals surface area contributed by atoms with Gasteiger partial charge in [-0.05, 0) is 41.7 Å². The molecule has 2 heterocycles. The van der Waals surface area contributed by atoms with Crippen LogP contribution in [-0.2, 0) is 12.8 Å². The van der Waals surface area contributed by atoms with Gasteiger partial charge < -0.3 is 0 Å². The van der Waals surface area contributed by atoms with Crippen LogP contribution < -0.4 is 0 Å². The fourth-order valence-corrected chi connectivity index (χ4v) is 2.77. The van der Waals surface area contributed by atoms with E-state index in [-0.39, 0.29) is 5.82 Å². The lowest BCUT2D eigenvalue weighted by atomic mass is 9.96. The predicted molar refractivity (Wildman–Crippen MR) is 68.3 cm³/mol. The van der Waals surface area contributed by atoms with Crippen molar-refractivity contribution in [2.45, 2.75) is 18.8 Å². The fraction of sp³-hybridized carbons (Fsp3) is 0.231. The number of aromatic nitrogens is 6. The van der Waals surface area contributed by atoms with E-state index in [1.165, 1.54) is 12.1 Å². The first-order valence-corrected chi connectivity index (χ1v) is 6.36. The molecule has 1 aliphatic rings. The number of hydrogen-bond donors (Lipinski definition) is 2. The molecule has 1 aliphatic carbocycles. The van der Waals surface area contributed by atoms with Gasteiger partial charge in [0.2, 0.25) is 5.82 Å². The minimum Gasteiger partial charge on any atom is -0.282 e. The molecule has 4 rings (SSSR count). The van der Waals surface area contributed by atoms with Gasteiger partial charge in [-0.1, -0.05) is 12.1 Å². The van der Waals surface area contributed by atoms with Gasteiger partial charge in [0.1, 0.15) is 11.5 Å². The van der Waals surface area contributed by atoms with Crippen molar-refractivity contribution in [3.63, 3.8) is 0 Å². The van der Waals surface area contributed by atoms with E-state index >= 15 is 0 Å². The van der Waals surface area contributed by atoms with Crippen molar-refractivity contribution in [2.75, 3.05) is 0 Å². The first kappa shape index (κ1) is 11.3. The van der Waals surface area contributed by atoms with E-state index in [9.17, 15) is 4.39 Å². The molecular weight excluding hydrogens is 259 g/mol. The summed E-state index contributed by atoms with van der Waals surface area (Å²) in [5, 5.41) is 21.2. The summed E-state index contributed by atoms with van der Waals surface area (Å²) >= 11 is 0.